The minimum atomic E-state index is -0.573. The van der Waals surface area contributed by atoms with Gasteiger partial charge < -0.3 is 4.74 Å². The number of rotatable bonds is 6. The Labute approximate surface area is 126 Å². The van der Waals surface area contributed by atoms with Crippen LogP contribution in [-0.2, 0) is 15.5 Å². The summed E-state index contributed by atoms with van der Waals surface area (Å²) >= 11 is 0. The molecule has 1 heterocycles. The Morgan fingerprint density at radius 1 is 1.25 bits per heavy atom. The molecule has 1 saturated heterocycles. The molecule has 2 atom stereocenters. The second-order valence-corrected chi connectivity index (χ2v) is 8.13. The van der Waals surface area contributed by atoms with Crippen LogP contribution in [0.1, 0.15) is 71.1 Å². The molecule has 2 nitrogen and oxygen atoms in total. The van der Waals surface area contributed by atoms with Crippen LogP contribution >= 0.6 is 0 Å². The van der Waals surface area contributed by atoms with E-state index < -0.39 is 10.8 Å². The number of ether oxygens (including phenoxy) is 1. The van der Waals surface area contributed by atoms with Gasteiger partial charge in [-0.1, -0.05) is 13.3 Å². The molecular weight excluding hydrogens is 268 g/mol. The highest BCUT2D eigenvalue weighted by Gasteiger charge is 2.32. The molecule has 0 radical (unpaired) electrons. The lowest BCUT2D eigenvalue weighted by Crippen LogP contribution is -2.33. The van der Waals surface area contributed by atoms with Crippen molar-refractivity contribution in [3.05, 3.63) is 11.8 Å². The fourth-order valence-electron chi connectivity index (χ4n) is 3.58. The van der Waals surface area contributed by atoms with E-state index in [9.17, 15) is 4.21 Å². The van der Waals surface area contributed by atoms with Gasteiger partial charge in [-0.2, -0.15) is 0 Å². The molecule has 2 aliphatic rings. The molecule has 116 valence electrons. The van der Waals surface area contributed by atoms with E-state index in [1.165, 1.54) is 56.9 Å². The molecule has 20 heavy (non-hydrogen) atoms. The maximum Gasteiger partial charge on any atom is 0.0873 e. The first-order valence-corrected chi connectivity index (χ1v) is 9.87. The van der Waals surface area contributed by atoms with Gasteiger partial charge in [-0.05, 0) is 68.8 Å². The normalized spacial score (nSPS) is 31.1. The second kappa shape index (κ2) is 8.21. The summed E-state index contributed by atoms with van der Waals surface area (Å²) in [7, 11) is -0.573. The summed E-state index contributed by atoms with van der Waals surface area (Å²) in [6, 6.07) is 0. The molecule has 0 amide bonds. The van der Waals surface area contributed by atoms with Gasteiger partial charge in [0.05, 0.1) is 12.9 Å². The average Bonchev–Trinajstić information content (AvgIpc) is 2.48. The Bertz CT molecular complexity index is 343. The number of hydrogen-bond donors (Lipinski definition) is 0. The zero-order valence-corrected chi connectivity index (χ0v) is 13.8. The van der Waals surface area contributed by atoms with Crippen LogP contribution < -0.4 is 0 Å². The van der Waals surface area contributed by atoms with Crippen molar-refractivity contribution in [1.29, 1.82) is 0 Å². The lowest BCUT2D eigenvalue weighted by atomic mass is 9.78. The maximum atomic E-state index is 11.8. The van der Waals surface area contributed by atoms with Crippen molar-refractivity contribution < 1.29 is 8.95 Å². The summed E-state index contributed by atoms with van der Waals surface area (Å²) in [4.78, 5) is 0. The van der Waals surface area contributed by atoms with Crippen molar-refractivity contribution in [2.75, 3.05) is 18.1 Å². The zero-order valence-electron chi connectivity index (χ0n) is 13.0. The van der Waals surface area contributed by atoms with E-state index in [0.29, 0.717) is 5.41 Å². The van der Waals surface area contributed by atoms with Crippen LogP contribution in [-0.4, -0.2) is 22.3 Å². The average molecular weight is 298 g/mol. The van der Waals surface area contributed by atoms with Gasteiger partial charge >= 0.3 is 0 Å². The summed E-state index contributed by atoms with van der Waals surface area (Å²) < 4.78 is 17.5. The molecule has 1 aliphatic heterocycles. The highest BCUT2D eigenvalue weighted by atomic mass is 32.2. The van der Waals surface area contributed by atoms with Crippen molar-refractivity contribution in [2.24, 2.45) is 5.41 Å². The summed E-state index contributed by atoms with van der Waals surface area (Å²) in [6.07, 6.45) is 14.4. The minimum Gasteiger partial charge on any atom is -0.501 e. The molecule has 0 N–H and O–H groups in total. The maximum absolute atomic E-state index is 11.8. The molecule has 2 unspecified atom stereocenters. The molecule has 2 fully saturated rings. The van der Waals surface area contributed by atoms with Crippen LogP contribution in [0.3, 0.4) is 0 Å². The predicted molar refractivity (Wildman–Crippen MR) is 86.2 cm³/mol. The second-order valence-electron chi connectivity index (χ2n) is 6.56. The van der Waals surface area contributed by atoms with Crippen LogP contribution in [0.5, 0.6) is 0 Å². The van der Waals surface area contributed by atoms with Gasteiger partial charge in [0.2, 0.25) is 0 Å². The third-order valence-electron chi connectivity index (χ3n) is 5.01. The van der Waals surface area contributed by atoms with E-state index in [-0.39, 0.29) is 0 Å². The van der Waals surface area contributed by atoms with Crippen molar-refractivity contribution in [3.8, 4) is 0 Å². The fourth-order valence-corrected chi connectivity index (χ4v) is 5.36. The largest absolute Gasteiger partial charge is 0.501 e. The van der Waals surface area contributed by atoms with Crippen molar-refractivity contribution in [3.63, 3.8) is 0 Å². The van der Waals surface area contributed by atoms with E-state index >= 15 is 0 Å². The smallest absolute Gasteiger partial charge is 0.0873 e. The standard InChI is InChI=1S/C17H30O2S/c1-2-17(11-7-13-20(18)15-17)10-6-12-19-14-16-8-4-3-5-9-16/h14H,2-13,15H2,1H3. The SMILES string of the molecule is CCC1(CCCOC=C2CCCCC2)CCCS(=O)C1. The minimum absolute atomic E-state index is 0.338. The van der Waals surface area contributed by atoms with Crippen LogP contribution in [0, 0.1) is 5.41 Å². The number of allylic oxidation sites excluding steroid dienone is 1. The van der Waals surface area contributed by atoms with E-state index in [4.69, 9.17) is 4.74 Å². The molecule has 0 aromatic heterocycles. The van der Waals surface area contributed by atoms with Gasteiger partial charge in [-0.3, -0.25) is 4.21 Å². The Morgan fingerprint density at radius 3 is 2.75 bits per heavy atom. The van der Waals surface area contributed by atoms with E-state index in [1.54, 1.807) is 0 Å². The van der Waals surface area contributed by atoms with Crippen LogP contribution in [0.2, 0.25) is 0 Å². The van der Waals surface area contributed by atoms with E-state index in [1.807, 2.05) is 6.26 Å². The van der Waals surface area contributed by atoms with Gasteiger partial charge in [-0.25, -0.2) is 0 Å². The first kappa shape index (κ1) is 16.1. The molecular formula is C17H30O2S. The highest BCUT2D eigenvalue weighted by Crippen LogP contribution is 2.37. The van der Waals surface area contributed by atoms with Gasteiger partial charge in [0.1, 0.15) is 0 Å². The predicted octanol–water partition coefficient (Wildman–Crippen LogP) is 4.57. The van der Waals surface area contributed by atoms with Gasteiger partial charge in [-0.15, -0.1) is 0 Å². The Kier molecular flexibility index (Phi) is 6.60. The lowest BCUT2D eigenvalue weighted by Gasteiger charge is -2.36. The van der Waals surface area contributed by atoms with E-state index in [0.717, 1.165) is 31.0 Å². The molecule has 0 aromatic rings. The zero-order chi connectivity index (χ0) is 14.3. The third-order valence-corrected chi connectivity index (χ3v) is 6.69. The highest BCUT2D eigenvalue weighted by molar-refractivity contribution is 7.85. The summed E-state index contributed by atoms with van der Waals surface area (Å²) in [5.74, 6) is 1.84. The first-order chi connectivity index (χ1) is 9.74. The van der Waals surface area contributed by atoms with Crippen molar-refractivity contribution >= 4 is 10.8 Å². The first-order valence-electron chi connectivity index (χ1n) is 8.39. The van der Waals surface area contributed by atoms with E-state index in [2.05, 4.69) is 6.92 Å². The van der Waals surface area contributed by atoms with Crippen molar-refractivity contribution in [2.45, 2.75) is 71.1 Å². The fraction of sp³-hybridized carbons (Fsp3) is 0.882. The van der Waals surface area contributed by atoms with Gasteiger partial charge in [0.25, 0.3) is 0 Å². The van der Waals surface area contributed by atoms with Crippen LogP contribution in [0.25, 0.3) is 0 Å². The Hall–Kier alpha value is -0.310. The molecule has 1 saturated carbocycles. The summed E-state index contributed by atoms with van der Waals surface area (Å²) in [6.45, 7) is 3.09. The van der Waals surface area contributed by atoms with Gasteiger partial charge in [0, 0.05) is 22.3 Å². The molecule has 0 spiro atoms. The monoisotopic (exact) mass is 298 g/mol. The van der Waals surface area contributed by atoms with Gasteiger partial charge in [0.15, 0.2) is 0 Å². The number of hydrogen-bond acceptors (Lipinski definition) is 2. The Morgan fingerprint density at radius 2 is 2.05 bits per heavy atom. The van der Waals surface area contributed by atoms with Crippen LogP contribution in [0.4, 0.5) is 0 Å². The summed E-state index contributed by atoms with van der Waals surface area (Å²) in [5.41, 5.74) is 1.84. The molecule has 3 heteroatoms. The molecule has 2 rings (SSSR count). The topological polar surface area (TPSA) is 26.3 Å². The quantitative estimate of drug-likeness (QED) is 0.530. The lowest BCUT2D eigenvalue weighted by molar-refractivity contribution is 0.190. The molecule has 0 bridgehead atoms. The summed E-state index contributed by atoms with van der Waals surface area (Å²) in [5, 5.41) is 0. The molecule has 0 aromatic carbocycles. The molecule has 1 aliphatic carbocycles. The Balaban J connectivity index is 1.67. The van der Waals surface area contributed by atoms with Crippen LogP contribution in [0.15, 0.2) is 11.8 Å². The third kappa shape index (κ3) is 4.91. The van der Waals surface area contributed by atoms with Crippen molar-refractivity contribution in [1.82, 2.24) is 0 Å².